The van der Waals surface area contributed by atoms with Gasteiger partial charge in [0, 0.05) is 10.2 Å². The molecule has 0 spiro atoms. The Morgan fingerprint density at radius 3 is 2.41 bits per heavy atom. The van der Waals surface area contributed by atoms with Crippen LogP contribution in [0.4, 0.5) is 11.5 Å². The van der Waals surface area contributed by atoms with E-state index in [1.165, 1.54) is 0 Å². The third-order valence-electron chi connectivity index (χ3n) is 2.02. The van der Waals surface area contributed by atoms with Crippen molar-refractivity contribution in [3.63, 3.8) is 0 Å². The lowest BCUT2D eigenvalue weighted by Gasteiger charge is -2.05. The van der Waals surface area contributed by atoms with Crippen LogP contribution in [0.2, 0.25) is 0 Å². The molecule has 1 aromatic heterocycles. The van der Waals surface area contributed by atoms with E-state index in [4.69, 9.17) is 18.0 Å². The summed E-state index contributed by atoms with van der Waals surface area (Å²) in [6.07, 6.45) is 3.14. The molecule has 0 fully saturated rings. The molecule has 0 unspecified atom stereocenters. The van der Waals surface area contributed by atoms with Gasteiger partial charge in [-0.25, -0.2) is 9.97 Å². The lowest BCUT2D eigenvalue weighted by molar-refractivity contribution is 1.18. The van der Waals surface area contributed by atoms with Crippen LogP contribution in [0.5, 0.6) is 0 Å². The summed E-state index contributed by atoms with van der Waals surface area (Å²) in [6.45, 7) is 0. The number of nitrogens with one attached hydrogen (secondary N) is 1. The minimum Gasteiger partial charge on any atom is -0.388 e. The number of nitrogens with zero attached hydrogens (tertiary/aromatic N) is 2. The summed E-state index contributed by atoms with van der Waals surface area (Å²) in [7, 11) is 0. The van der Waals surface area contributed by atoms with Gasteiger partial charge < -0.3 is 11.1 Å². The SMILES string of the molecule is NC(=S)c1cnc(Nc2ccc(Br)cc2)cn1. The van der Waals surface area contributed by atoms with Gasteiger partial charge in [0.15, 0.2) is 0 Å². The van der Waals surface area contributed by atoms with Gasteiger partial charge >= 0.3 is 0 Å². The Morgan fingerprint density at radius 2 is 1.88 bits per heavy atom. The predicted octanol–water partition coefficient (Wildman–Crippen LogP) is 2.62. The molecule has 0 atom stereocenters. The number of anilines is 2. The van der Waals surface area contributed by atoms with E-state index >= 15 is 0 Å². The molecule has 0 aliphatic rings. The summed E-state index contributed by atoms with van der Waals surface area (Å²) in [5, 5.41) is 3.12. The number of aromatic nitrogens is 2. The average Bonchev–Trinajstić information content (AvgIpc) is 2.33. The maximum absolute atomic E-state index is 5.44. The van der Waals surface area contributed by atoms with E-state index < -0.39 is 0 Å². The maximum atomic E-state index is 5.44. The van der Waals surface area contributed by atoms with E-state index in [-0.39, 0.29) is 4.99 Å². The van der Waals surface area contributed by atoms with Gasteiger partial charge in [-0.3, -0.25) is 0 Å². The van der Waals surface area contributed by atoms with Gasteiger partial charge in [-0.15, -0.1) is 0 Å². The van der Waals surface area contributed by atoms with Gasteiger partial charge in [0.1, 0.15) is 16.5 Å². The topological polar surface area (TPSA) is 63.8 Å². The fourth-order valence-corrected chi connectivity index (χ4v) is 1.57. The second-order valence-corrected chi connectivity index (χ2v) is 4.64. The zero-order valence-corrected chi connectivity index (χ0v) is 11.1. The van der Waals surface area contributed by atoms with Crippen LogP contribution in [0, 0.1) is 0 Å². The Bertz CT molecular complexity index is 524. The van der Waals surface area contributed by atoms with Crippen molar-refractivity contribution in [3.05, 3.63) is 46.8 Å². The molecular formula is C11H9BrN4S. The first kappa shape index (κ1) is 11.9. The standard InChI is InChI=1S/C11H9BrN4S/c12-7-1-3-8(4-2-7)16-10-6-14-9(5-15-10)11(13)17/h1-6H,(H2,13,17)(H,15,16). The third kappa shape index (κ3) is 3.21. The lowest BCUT2D eigenvalue weighted by Crippen LogP contribution is -2.12. The molecule has 0 aliphatic carbocycles. The molecule has 17 heavy (non-hydrogen) atoms. The van der Waals surface area contributed by atoms with E-state index in [2.05, 4.69) is 31.2 Å². The Balaban J connectivity index is 2.13. The van der Waals surface area contributed by atoms with E-state index in [0.717, 1.165) is 10.2 Å². The molecule has 6 heteroatoms. The van der Waals surface area contributed by atoms with Crippen molar-refractivity contribution in [2.75, 3.05) is 5.32 Å². The van der Waals surface area contributed by atoms with Crippen LogP contribution >= 0.6 is 28.1 Å². The summed E-state index contributed by atoms with van der Waals surface area (Å²) >= 11 is 8.17. The molecule has 0 bridgehead atoms. The zero-order chi connectivity index (χ0) is 12.3. The van der Waals surface area contributed by atoms with Crippen molar-refractivity contribution in [3.8, 4) is 0 Å². The van der Waals surface area contributed by atoms with E-state index in [0.29, 0.717) is 11.5 Å². The Hall–Kier alpha value is -1.53. The second-order valence-electron chi connectivity index (χ2n) is 3.28. The third-order valence-corrected chi connectivity index (χ3v) is 2.76. The van der Waals surface area contributed by atoms with Crippen LogP contribution in [0.25, 0.3) is 0 Å². The van der Waals surface area contributed by atoms with Crippen molar-refractivity contribution < 1.29 is 0 Å². The monoisotopic (exact) mass is 308 g/mol. The number of hydrogen-bond acceptors (Lipinski definition) is 4. The number of rotatable bonds is 3. The van der Waals surface area contributed by atoms with Crippen LogP contribution in [-0.2, 0) is 0 Å². The Labute approximate surface area is 112 Å². The smallest absolute Gasteiger partial charge is 0.148 e. The molecule has 4 nitrogen and oxygen atoms in total. The van der Waals surface area contributed by atoms with Crippen molar-refractivity contribution in [1.82, 2.24) is 9.97 Å². The highest BCUT2D eigenvalue weighted by atomic mass is 79.9. The zero-order valence-electron chi connectivity index (χ0n) is 8.72. The van der Waals surface area contributed by atoms with Crippen LogP contribution in [0.3, 0.4) is 0 Å². The molecule has 0 amide bonds. The minimum absolute atomic E-state index is 0.243. The highest BCUT2D eigenvalue weighted by molar-refractivity contribution is 9.10. The number of benzene rings is 1. The summed E-state index contributed by atoms with van der Waals surface area (Å²) in [5.41, 5.74) is 6.89. The second kappa shape index (κ2) is 5.20. The molecule has 0 aliphatic heterocycles. The average molecular weight is 309 g/mol. The first-order chi connectivity index (χ1) is 8.15. The van der Waals surface area contributed by atoms with E-state index in [9.17, 15) is 0 Å². The van der Waals surface area contributed by atoms with Gasteiger partial charge in [0.05, 0.1) is 12.4 Å². The summed E-state index contributed by atoms with van der Waals surface area (Å²) < 4.78 is 1.03. The van der Waals surface area contributed by atoms with E-state index in [1.807, 2.05) is 24.3 Å². The molecule has 2 aromatic rings. The summed E-state index contributed by atoms with van der Waals surface area (Å²) in [6, 6.07) is 7.76. The summed E-state index contributed by atoms with van der Waals surface area (Å²) in [4.78, 5) is 8.50. The number of hydrogen-bond donors (Lipinski definition) is 2. The number of thiocarbonyl (C=S) groups is 1. The highest BCUT2D eigenvalue weighted by Crippen LogP contribution is 2.17. The molecule has 86 valence electrons. The lowest BCUT2D eigenvalue weighted by atomic mass is 10.3. The molecule has 0 saturated heterocycles. The Morgan fingerprint density at radius 1 is 1.18 bits per heavy atom. The molecular weight excluding hydrogens is 300 g/mol. The van der Waals surface area contributed by atoms with Crippen molar-refractivity contribution >= 4 is 44.6 Å². The molecule has 3 N–H and O–H groups in total. The van der Waals surface area contributed by atoms with Gasteiger partial charge in [0.25, 0.3) is 0 Å². The van der Waals surface area contributed by atoms with Crippen molar-refractivity contribution in [2.24, 2.45) is 5.73 Å². The summed E-state index contributed by atoms with van der Waals surface area (Å²) in [5.74, 6) is 0.646. The number of nitrogens with two attached hydrogens (primary N) is 1. The highest BCUT2D eigenvalue weighted by Gasteiger charge is 2.00. The fraction of sp³-hybridized carbons (Fsp3) is 0. The van der Waals surface area contributed by atoms with Crippen molar-refractivity contribution in [2.45, 2.75) is 0 Å². The maximum Gasteiger partial charge on any atom is 0.148 e. The first-order valence-electron chi connectivity index (χ1n) is 4.79. The van der Waals surface area contributed by atoms with Gasteiger partial charge in [0.2, 0.25) is 0 Å². The van der Waals surface area contributed by atoms with Crippen LogP contribution in [-0.4, -0.2) is 15.0 Å². The molecule has 0 saturated carbocycles. The fourth-order valence-electron chi connectivity index (χ4n) is 1.20. The first-order valence-corrected chi connectivity index (χ1v) is 6.00. The van der Waals surface area contributed by atoms with Crippen molar-refractivity contribution in [1.29, 1.82) is 0 Å². The largest absolute Gasteiger partial charge is 0.388 e. The van der Waals surface area contributed by atoms with E-state index in [1.54, 1.807) is 12.4 Å². The van der Waals surface area contributed by atoms with Crippen LogP contribution < -0.4 is 11.1 Å². The van der Waals surface area contributed by atoms with Crippen LogP contribution in [0.1, 0.15) is 5.69 Å². The van der Waals surface area contributed by atoms with Gasteiger partial charge in [-0.2, -0.15) is 0 Å². The van der Waals surface area contributed by atoms with Crippen LogP contribution in [0.15, 0.2) is 41.1 Å². The molecule has 1 heterocycles. The molecule has 0 radical (unpaired) electrons. The quantitative estimate of drug-likeness (QED) is 0.853. The van der Waals surface area contributed by atoms with Gasteiger partial charge in [-0.1, -0.05) is 28.1 Å². The normalized spacial score (nSPS) is 9.94. The predicted molar refractivity (Wildman–Crippen MR) is 75.3 cm³/mol. The number of halogens is 1. The Kier molecular flexibility index (Phi) is 3.65. The molecule has 2 rings (SSSR count). The minimum atomic E-state index is 0.243. The molecule has 1 aromatic carbocycles. The van der Waals surface area contributed by atoms with Gasteiger partial charge in [-0.05, 0) is 24.3 Å².